The monoisotopic (exact) mass is 389 g/mol. The van der Waals surface area contributed by atoms with Gasteiger partial charge in [0.2, 0.25) is 5.91 Å². The molecule has 0 unspecified atom stereocenters. The Bertz CT molecular complexity index is 915. The van der Waals surface area contributed by atoms with Crippen LogP contribution in [0.1, 0.15) is 37.9 Å². The van der Waals surface area contributed by atoms with Crippen LogP contribution in [-0.2, 0) is 11.3 Å². The Morgan fingerprint density at radius 2 is 2.22 bits per heavy atom. The van der Waals surface area contributed by atoms with Gasteiger partial charge in [0.15, 0.2) is 0 Å². The van der Waals surface area contributed by atoms with Crippen molar-refractivity contribution in [3.05, 3.63) is 45.2 Å². The highest BCUT2D eigenvalue weighted by Crippen LogP contribution is 2.31. The van der Waals surface area contributed by atoms with Crippen molar-refractivity contribution >= 4 is 35.0 Å². The van der Waals surface area contributed by atoms with Gasteiger partial charge >= 0.3 is 5.69 Å². The van der Waals surface area contributed by atoms with E-state index in [-0.39, 0.29) is 18.1 Å². The van der Waals surface area contributed by atoms with E-state index in [9.17, 15) is 9.59 Å². The number of hydrogen-bond acceptors (Lipinski definition) is 4. The standard InChI is InChI=1S/C19H24ClN5O2/c1-3-5-7-22-17(26)12-25-18-15(23-19(25)27)9-14(11-24(18)4-2)13-6-8-21-16(20)10-13/h6,8-10H,3-5,7,11-12H2,1-2H3,(H,22,26)(H,23,27). The number of carbonyl (C=O) groups is 1. The smallest absolute Gasteiger partial charge is 0.328 e. The van der Waals surface area contributed by atoms with Crippen molar-refractivity contribution in [1.29, 1.82) is 0 Å². The van der Waals surface area contributed by atoms with E-state index in [2.05, 4.69) is 27.1 Å². The first-order valence-corrected chi connectivity index (χ1v) is 9.58. The summed E-state index contributed by atoms with van der Waals surface area (Å²) in [6.07, 6.45) is 5.54. The normalized spacial score (nSPS) is 13.3. The van der Waals surface area contributed by atoms with Gasteiger partial charge in [-0.15, -0.1) is 0 Å². The van der Waals surface area contributed by atoms with Gasteiger partial charge in [0, 0.05) is 25.8 Å². The number of fused-ring (bicyclic) bond motifs is 1. The molecule has 3 rings (SSSR count). The molecule has 1 aliphatic rings. The maximum Gasteiger partial charge on any atom is 0.328 e. The third kappa shape index (κ3) is 4.24. The lowest BCUT2D eigenvalue weighted by Crippen LogP contribution is -2.36. The lowest BCUT2D eigenvalue weighted by Gasteiger charge is -2.29. The van der Waals surface area contributed by atoms with E-state index in [0.717, 1.165) is 29.8 Å². The third-order valence-electron chi connectivity index (χ3n) is 4.60. The molecular formula is C19H24ClN5O2. The van der Waals surface area contributed by atoms with Gasteiger partial charge in [-0.05, 0) is 42.7 Å². The lowest BCUT2D eigenvalue weighted by atomic mass is 10.0. The second-order valence-electron chi connectivity index (χ2n) is 6.51. The van der Waals surface area contributed by atoms with Gasteiger partial charge in [0.05, 0.1) is 5.69 Å². The molecule has 8 heteroatoms. The van der Waals surface area contributed by atoms with Gasteiger partial charge in [-0.1, -0.05) is 24.9 Å². The predicted molar refractivity (Wildman–Crippen MR) is 108 cm³/mol. The topological polar surface area (TPSA) is 83.0 Å². The number of amides is 1. The zero-order chi connectivity index (χ0) is 19.4. The van der Waals surface area contributed by atoms with E-state index >= 15 is 0 Å². The molecule has 0 atom stereocenters. The van der Waals surface area contributed by atoms with Crippen LogP contribution in [0.2, 0.25) is 5.15 Å². The molecule has 0 saturated carbocycles. The number of halogens is 1. The Kier molecular flexibility index (Phi) is 6.01. The Labute approximate surface area is 163 Å². The molecule has 2 N–H and O–H groups in total. The average molecular weight is 390 g/mol. The number of hydrogen-bond donors (Lipinski definition) is 2. The molecular weight excluding hydrogens is 366 g/mol. The van der Waals surface area contributed by atoms with Gasteiger partial charge in [-0.25, -0.2) is 9.78 Å². The fourth-order valence-electron chi connectivity index (χ4n) is 3.21. The minimum atomic E-state index is -0.283. The summed E-state index contributed by atoms with van der Waals surface area (Å²) in [6.45, 7) is 6.06. The van der Waals surface area contributed by atoms with Crippen molar-refractivity contribution in [2.24, 2.45) is 0 Å². The highest BCUT2D eigenvalue weighted by molar-refractivity contribution is 6.29. The van der Waals surface area contributed by atoms with E-state index < -0.39 is 0 Å². The molecule has 2 aromatic heterocycles. The lowest BCUT2D eigenvalue weighted by molar-refractivity contribution is -0.121. The Balaban J connectivity index is 1.91. The van der Waals surface area contributed by atoms with Gasteiger partial charge in [-0.3, -0.25) is 9.36 Å². The van der Waals surface area contributed by atoms with Crippen LogP contribution >= 0.6 is 11.6 Å². The molecule has 3 heterocycles. The number of rotatable bonds is 7. The van der Waals surface area contributed by atoms with Crippen LogP contribution in [0.25, 0.3) is 11.6 Å². The molecule has 144 valence electrons. The van der Waals surface area contributed by atoms with Crippen LogP contribution in [0.3, 0.4) is 0 Å². The number of carbonyl (C=O) groups excluding carboxylic acids is 1. The number of aromatic amines is 1. The minimum Gasteiger partial charge on any atom is -0.355 e. The van der Waals surface area contributed by atoms with Gasteiger partial charge < -0.3 is 15.2 Å². The summed E-state index contributed by atoms with van der Waals surface area (Å²) in [5, 5.41) is 3.29. The van der Waals surface area contributed by atoms with E-state index in [1.807, 2.05) is 25.1 Å². The molecule has 27 heavy (non-hydrogen) atoms. The Morgan fingerprint density at radius 3 is 2.93 bits per heavy atom. The number of H-pyrrole nitrogens is 1. The summed E-state index contributed by atoms with van der Waals surface area (Å²) in [5.41, 5.74) is 2.42. The van der Waals surface area contributed by atoms with Crippen molar-refractivity contribution < 1.29 is 4.79 Å². The molecule has 0 radical (unpaired) electrons. The van der Waals surface area contributed by atoms with Crippen molar-refractivity contribution in [1.82, 2.24) is 19.9 Å². The van der Waals surface area contributed by atoms with Crippen LogP contribution < -0.4 is 15.9 Å². The number of nitrogens with one attached hydrogen (secondary N) is 2. The molecule has 1 aliphatic heterocycles. The largest absolute Gasteiger partial charge is 0.355 e. The number of unbranched alkanes of at least 4 members (excludes halogenated alkanes) is 1. The fraction of sp³-hybridized carbons (Fsp3) is 0.421. The summed E-state index contributed by atoms with van der Waals surface area (Å²) in [5.74, 6) is 0.594. The number of anilines is 1. The van der Waals surface area contributed by atoms with Crippen LogP contribution in [0.15, 0.2) is 23.1 Å². The van der Waals surface area contributed by atoms with Crippen LogP contribution in [-0.4, -0.2) is 40.1 Å². The van der Waals surface area contributed by atoms with E-state index in [4.69, 9.17) is 11.6 Å². The number of likely N-dealkylation sites (N-methyl/N-ethyl adjacent to an activating group) is 1. The zero-order valence-corrected chi connectivity index (χ0v) is 16.3. The molecule has 0 aromatic carbocycles. The van der Waals surface area contributed by atoms with E-state index in [0.29, 0.717) is 30.5 Å². The maximum atomic E-state index is 12.5. The van der Waals surface area contributed by atoms with Crippen LogP contribution in [0.4, 0.5) is 5.82 Å². The molecule has 0 saturated heterocycles. The summed E-state index contributed by atoms with van der Waals surface area (Å²) in [7, 11) is 0. The van der Waals surface area contributed by atoms with Crippen molar-refractivity contribution in [2.45, 2.75) is 33.2 Å². The van der Waals surface area contributed by atoms with Crippen molar-refractivity contribution in [2.75, 3.05) is 24.5 Å². The molecule has 0 bridgehead atoms. The molecule has 0 fully saturated rings. The number of nitrogens with zero attached hydrogens (tertiary/aromatic N) is 3. The fourth-order valence-corrected chi connectivity index (χ4v) is 3.39. The minimum absolute atomic E-state index is 0.00907. The molecule has 2 aromatic rings. The maximum absolute atomic E-state index is 12.5. The first-order valence-electron chi connectivity index (χ1n) is 9.20. The second-order valence-corrected chi connectivity index (χ2v) is 6.90. The number of pyridine rings is 1. The average Bonchev–Trinajstić information content (AvgIpc) is 2.96. The van der Waals surface area contributed by atoms with E-state index in [1.165, 1.54) is 4.57 Å². The van der Waals surface area contributed by atoms with Crippen LogP contribution in [0.5, 0.6) is 0 Å². The molecule has 7 nitrogen and oxygen atoms in total. The van der Waals surface area contributed by atoms with Crippen LogP contribution in [0, 0.1) is 0 Å². The summed E-state index contributed by atoms with van der Waals surface area (Å²) >= 11 is 6.01. The number of aromatic nitrogens is 3. The predicted octanol–water partition coefficient (Wildman–Crippen LogP) is 2.52. The molecule has 0 aliphatic carbocycles. The second kappa shape index (κ2) is 8.43. The molecule has 0 spiro atoms. The quantitative estimate of drug-likeness (QED) is 0.563. The van der Waals surface area contributed by atoms with Crippen molar-refractivity contribution in [3.63, 3.8) is 0 Å². The zero-order valence-electron chi connectivity index (χ0n) is 15.6. The first kappa shape index (κ1) is 19.2. The Morgan fingerprint density at radius 1 is 1.41 bits per heavy atom. The summed E-state index contributed by atoms with van der Waals surface area (Å²) < 4.78 is 1.51. The van der Waals surface area contributed by atoms with Gasteiger partial charge in [0.25, 0.3) is 0 Å². The first-order chi connectivity index (χ1) is 13.0. The van der Waals surface area contributed by atoms with Gasteiger partial charge in [-0.2, -0.15) is 0 Å². The highest BCUT2D eigenvalue weighted by Gasteiger charge is 2.25. The van der Waals surface area contributed by atoms with Gasteiger partial charge in [0.1, 0.15) is 17.5 Å². The Hall–Kier alpha value is -2.54. The molecule has 1 amide bonds. The third-order valence-corrected chi connectivity index (χ3v) is 4.80. The summed E-state index contributed by atoms with van der Waals surface area (Å²) in [6, 6.07) is 3.70. The van der Waals surface area contributed by atoms with E-state index in [1.54, 1.807) is 6.20 Å². The highest BCUT2D eigenvalue weighted by atomic mass is 35.5. The SMILES string of the molecule is CCCCNC(=O)Cn1c2c([nH]c1=O)C=C(c1ccnc(Cl)c1)CN2CC. The van der Waals surface area contributed by atoms with Crippen molar-refractivity contribution in [3.8, 4) is 0 Å². The summed E-state index contributed by atoms with van der Waals surface area (Å²) in [4.78, 5) is 33.6. The number of imidazole rings is 1.